The van der Waals surface area contributed by atoms with Crippen LogP contribution in [0.3, 0.4) is 0 Å². The molecular weight excluding hydrogens is 206 g/mol. The van der Waals surface area contributed by atoms with E-state index in [1.54, 1.807) is 12.3 Å². The topological polar surface area (TPSA) is 12.9 Å². The largest absolute Gasteiger partial charge is 0.256 e. The Bertz CT molecular complexity index is 287. The van der Waals surface area contributed by atoms with Gasteiger partial charge in [0.15, 0.2) is 0 Å². The number of aromatic nitrogens is 1. The van der Waals surface area contributed by atoms with Gasteiger partial charge in [0.2, 0.25) is 0 Å². The molecule has 98 valence electrons. The Morgan fingerprint density at radius 3 is 1.88 bits per heavy atom. The summed E-state index contributed by atoms with van der Waals surface area (Å²) in [7, 11) is 0. The Morgan fingerprint density at radius 2 is 1.59 bits per heavy atom. The summed E-state index contributed by atoms with van der Waals surface area (Å²) in [5.74, 6) is 0. The van der Waals surface area contributed by atoms with E-state index in [4.69, 9.17) is 0 Å². The Kier molecular flexibility index (Phi) is 21.0. The second-order valence-electron chi connectivity index (χ2n) is 2.42. The van der Waals surface area contributed by atoms with Gasteiger partial charge in [0.05, 0.1) is 5.69 Å². The predicted octanol–water partition coefficient (Wildman–Crippen LogP) is 5.84. The van der Waals surface area contributed by atoms with E-state index in [9.17, 15) is 0 Å². The van der Waals surface area contributed by atoms with Crippen molar-refractivity contribution in [2.45, 2.75) is 48.5 Å². The lowest BCUT2D eigenvalue weighted by Gasteiger charge is -2.01. The van der Waals surface area contributed by atoms with Gasteiger partial charge in [0, 0.05) is 11.8 Å². The average molecular weight is 235 g/mol. The van der Waals surface area contributed by atoms with Gasteiger partial charge >= 0.3 is 0 Å². The molecule has 0 aliphatic rings. The maximum atomic E-state index is 4.14. The zero-order valence-corrected chi connectivity index (χ0v) is 12.7. The Labute approximate surface area is 108 Å². The first-order valence-electron chi connectivity index (χ1n) is 6.49. The maximum Gasteiger partial charge on any atom is 0.0698 e. The van der Waals surface area contributed by atoms with Crippen molar-refractivity contribution in [2.24, 2.45) is 0 Å². The highest BCUT2D eigenvalue weighted by Crippen LogP contribution is 2.14. The lowest BCUT2D eigenvalue weighted by atomic mass is 10.1. The van der Waals surface area contributed by atoms with Crippen LogP contribution >= 0.6 is 0 Å². The van der Waals surface area contributed by atoms with Gasteiger partial charge in [-0.25, -0.2) is 0 Å². The van der Waals surface area contributed by atoms with E-state index in [0.29, 0.717) is 0 Å². The lowest BCUT2D eigenvalue weighted by molar-refractivity contribution is 1.27. The van der Waals surface area contributed by atoms with Gasteiger partial charge in [-0.05, 0) is 24.6 Å². The van der Waals surface area contributed by atoms with Gasteiger partial charge in [-0.1, -0.05) is 60.8 Å². The second kappa shape index (κ2) is 17.0. The van der Waals surface area contributed by atoms with Crippen LogP contribution in [0.1, 0.15) is 59.7 Å². The molecule has 1 nitrogen and oxygen atoms in total. The van der Waals surface area contributed by atoms with Crippen molar-refractivity contribution >= 4 is 11.6 Å². The number of nitrogens with zero attached hydrogens (tertiary/aromatic N) is 1. The Balaban J connectivity index is -0.000000285. The van der Waals surface area contributed by atoms with Gasteiger partial charge < -0.3 is 0 Å². The third-order valence-corrected chi connectivity index (χ3v) is 1.49. The maximum absolute atomic E-state index is 4.14. The number of pyridine rings is 1. The minimum absolute atomic E-state index is 0.903. The lowest BCUT2D eigenvalue weighted by Crippen LogP contribution is -1.86. The molecule has 0 aromatic carbocycles. The molecule has 0 atom stereocenters. The molecule has 0 fully saturated rings. The van der Waals surface area contributed by atoms with Crippen LogP contribution in [-0.2, 0) is 0 Å². The fourth-order valence-electron chi connectivity index (χ4n) is 0.941. The zero-order chi connectivity index (χ0) is 14.3. The first-order valence-corrected chi connectivity index (χ1v) is 6.49. The monoisotopic (exact) mass is 235 g/mol. The molecular formula is C16H29N. The van der Waals surface area contributed by atoms with Gasteiger partial charge in [-0.3, -0.25) is 4.98 Å². The van der Waals surface area contributed by atoms with E-state index in [1.165, 1.54) is 0 Å². The average Bonchev–Trinajstić information content (AvgIpc) is 2.45. The molecule has 17 heavy (non-hydrogen) atoms. The molecule has 1 heteroatoms. The predicted molar refractivity (Wildman–Crippen MR) is 83.1 cm³/mol. The molecule has 0 amide bonds. The van der Waals surface area contributed by atoms with Crippen LogP contribution in [0.15, 0.2) is 31.5 Å². The molecule has 0 N–H and O–H groups in total. The summed E-state index contributed by atoms with van der Waals surface area (Å²) in [5, 5.41) is 0. The molecule has 0 saturated carbocycles. The number of hydrogen-bond acceptors (Lipinski definition) is 1. The normalized spacial score (nSPS) is 7.00. The summed E-state index contributed by atoms with van der Waals surface area (Å²) in [6, 6.07) is 3.89. The smallest absolute Gasteiger partial charge is 0.0698 e. The summed E-state index contributed by atoms with van der Waals surface area (Å²) < 4.78 is 0. The molecule has 1 aromatic rings. The minimum atomic E-state index is 0.903. The first-order chi connectivity index (χ1) is 8.25. The van der Waals surface area contributed by atoms with Gasteiger partial charge in [-0.2, -0.15) is 0 Å². The van der Waals surface area contributed by atoms with E-state index < -0.39 is 0 Å². The van der Waals surface area contributed by atoms with Crippen molar-refractivity contribution in [3.8, 4) is 0 Å². The molecule has 0 radical (unpaired) electrons. The third kappa shape index (κ3) is 9.55. The van der Waals surface area contributed by atoms with E-state index in [1.807, 2.05) is 60.6 Å². The summed E-state index contributed by atoms with van der Waals surface area (Å²) in [4.78, 5) is 4.14. The molecule has 0 aliphatic carbocycles. The van der Waals surface area contributed by atoms with Crippen LogP contribution in [0.2, 0.25) is 0 Å². The van der Waals surface area contributed by atoms with E-state index in [2.05, 4.69) is 18.1 Å². The fourth-order valence-corrected chi connectivity index (χ4v) is 0.941. The van der Waals surface area contributed by atoms with Crippen LogP contribution in [0, 0.1) is 0 Å². The standard InChI is InChI=1S/C10H11N.3C2H6/c1-4-10-9(8(2)3)6-5-7-11-10;3*1-2/h4-7H,1-2H2,3H3;3*1-2H3. The van der Waals surface area contributed by atoms with Crippen molar-refractivity contribution in [2.75, 3.05) is 0 Å². The number of allylic oxidation sites excluding steroid dienone is 1. The van der Waals surface area contributed by atoms with Gasteiger partial charge in [-0.15, -0.1) is 0 Å². The molecule has 0 unspecified atom stereocenters. The molecule has 0 saturated heterocycles. The summed E-state index contributed by atoms with van der Waals surface area (Å²) in [6.07, 6.45) is 3.49. The minimum Gasteiger partial charge on any atom is -0.256 e. The van der Waals surface area contributed by atoms with Crippen LogP contribution in [-0.4, -0.2) is 4.98 Å². The van der Waals surface area contributed by atoms with Crippen LogP contribution in [0.5, 0.6) is 0 Å². The van der Waals surface area contributed by atoms with E-state index in [0.717, 1.165) is 16.8 Å². The Morgan fingerprint density at radius 1 is 1.12 bits per heavy atom. The Hall–Kier alpha value is -1.37. The van der Waals surface area contributed by atoms with Crippen molar-refractivity contribution in [1.29, 1.82) is 0 Å². The van der Waals surface area contributed by atoms with Gasteiger partial charge in [0.25, 0.3) is 0 Å². The first kappa shape index (κ1) is 21.0. The summed E-state index contributed by atoms with van der Waals surface area (Å²) in [5.41, 5.74) is 3.00. The van der Waals surface area contributed by atoms with E-state index in [-0.39, 0.29) is 0 Å². The van der Waals surface area contributed by atoms with Crippen LogP contribution in [0.25, 0.3) is 11.6 Å². The van der Waals surface area contributed by atoms with Crippen molar-refractivity contribution in [3.05, 3.63) is 42.7 Å². The molecule has 0 bridgehead atoms. The highest BCUT2D eigenvalue weighted by molar-refractivity contribution is 5.68. The molecule has 1 rings (SSSR count). The molecule has 0 spiro atoms. The number of hydrogen-bond donors (Lipinski definition) is 0. The SMILES string of the molecule is C=Cc1ncccc1C(=C)C.CC.CC.CC. The van der Waals surface area contributed by atoms with Gasteiger partial charge in [0.1, 0.15) is 0 Å². The van der Waals surface area contributed by atoms with Crippen molar-refractivity contribution in [1.82, 2.24) is 4.98 Å². The van der Waals surface area contributed by atoms with Crippen molar-refractivity contribution < 1.29 is 0 Å². The molecule has 0 aliphatic heterocycles. The van der Waals surface area contributed by atoms with E-state index >= 15 is 0 Å². The summed E-state index contributed by atoms with van der Waals surface area (Å²) >= 11 is 0. The highest BCUT2D eigenvalue weighted by Gasteiger charge is 1.97. The third-order valence-electron chi connectivity index (χ3n) is 1.49. The molecule has 1 heterocycles. The quantitative estimate of drug-likeness (QED) is 0.628. The van der Waals surface area contributed by atoms with Crippen molar-refractivity contribution in [3.63, 3.8) is 0 Å². The van der Waals surface area contributed by atoms with Crippen LogP contribution < -0.4 is 0 Å². The van der Waals surface area contributed by atoms with Crippen LogP contribution in [0.4, 0.5) is 0 Å². The highest BCUT2D eigenvalue weighted by atomic mass is 14.7. The zero-order valence-electron chi connectivity index (χ0n) is 12.7. The fraction of sp³-hybridized carbons (Fsp3) is 0.438. The molecule has 1 aromatic heterocycles. The number of rotatable bonds is 2. The summed E-state index contributed by atoms with van der Waals surface area (Å²) in [6.45, 7) is 21.5. The second-order valence-corrected chi connectivity index (χ2v) is 2.42.